The highest BCUT2D eigenvalue weighted by Gasteiger charge is 2.30. The summed E-state index contributed by atoms with van der Waals surface area (Å²) in [6.07, 6.45) is 6.95. The van der Waals surface area contributed by atoms with E-state index in [1.165, 1.54) is 0 Å². The summed E-state index contributed by atoms with van der Waals surface area (Å²) in [4.78, 5) is 4.40. The normalized spacial score (nSPS) is 23.6. The average Bonchev–Trinajstić information content (AvgIpc) is 3.20. The molecule has 3 heterocycles. The molecular formula is C16H24N6O2S. The van der Waals surface area contributed by atoms with Crippen molar-refractivity contribution in [1.29, 1.82) is 0 Å². The van der Waals surface area contributed by atoms with Gasteiger partial charge in [0.05, 0.1) is 17.6 Å². The largest absolute Gasteiger partial charge is 0.368 e. The van der Waals surface area contributed by atoms with E-state index in [4.69, 9.17) is 0 Å². The lowest BCUT2D eigenvalue weighted by Gasteiger charge is -2.28. The number of nitrogens with one attached hydrogen (secondary N) is 2. The summed E-state index contributed by atoms with van der Waals surface area (Å²) in [7, 11) is -3.19. The number of hydrogen-bond donors (Lipinski definition) is 2. The van der Waals surface area contributed by atoms with Gasteiger partial charge in [-0.3, -0.25) is 4.40 Å². The lowest BCUT2D eigenvalue weighted by atomic mass is 9.85. The number of rotatable bonds is 5. The predicted molar refractivity (Wildman–Crippen MR) is 95.2 cm³/mol. The lowest BCUT2D eigenvalue weighted by molar-refractivity contribution is 0.360. The molecule has 2 aromatic rings. The quantitative estimate of drug-likeness (QED) is 0.833. The maximum Gasteiger partial charge on any atom is 0.211 e. The molecule has 2 aromatic heterocycles. The first-order valence-corrected chi connectivity index (χ1v) is 10.7. The van der Waals surface area contributed by atoms with Crippen LogP contribution in [0.4, 0.5) is 5.82 Å². The summed E-state index contributed by atoms with van der Waals surface area (Å²) < 4.78 is 29.2. The zero-order valence-corrected chi connectivity index (χ0v) is 15.2. The monoisotopic (exact) mass is 364 g/mol. The van der Waals surface area contributed by atoms with E-state index in [1.807, 2.05) is 6.92 Å². The van der Waals surface area contributed by atoms with Crippen molar-refractivity contribution in [3.05, 3.63) is 17.7 Å². The Morgan fingerprint density at radius 2 is 2.24 bits per heavy atom. The van der Waals surface area contributed by atoms with Crippen LogP contribution in [0.5, 0.6) is 0 Å². The van der Waals surface area contributed by atoms with Crippen molar-refractivity contribution in [3.8, 4) is 0 Å². The van der Waals surface area contributed by atoms with Crippen LogP contribution in [0.25, 0.3) is 5.65 Å². The first-order valence-electron chi connectivity index (χ1n) is 9.04. The van der Waals surface area contributed by atoms with E-state index in [1.54, 1.807) is 6.20 Å². The van der Waals surface area contributed by atoms with Gasteiger partial charge in [-0.2, -0.15) is 0 Å². The van der Waals surface area contributed by atoms with Crippen LogP contribution >= 0.6 is 0 Å². The van der Waals surface area contributed by atoms with Crippen molar-refractivity contribution >= 4 is 21.5 Å². The molecule has 0 radical (unpaired) electrons. The predicted octanol–water partition coefficient (Wildman–Crippen LogP) is 1.45. The van der Waals surface area contributed by atoms with Crippen LogP contribution in [0.2, 0.25) is 0 Å². The molecule has 0 amide bonds. The fourth-order valence-electron chi connectivity index (χ4n) is 4.03. The van der Waals surface area contributed by atoms with E-state index in [-0.39, 0.29) is 17.7 Å². The van der Waals surface area contributed by atoms with Gasteiger partial charge in [0.2, 0.25) is 10.0 Å². The van der Waals surface area contributed by atoms with Crippen molar-refractivity contribution in [3.63, 3.8) is 0 Å². The second kappa shape index (κ2) is 6.53. The molecule has 9 heteroatoms. The van der Waals surface area contributed by atoms with Crippen LogP contribution in [0.15, 0.2) is 6.20 Å². The molecular weight excluding hydrogens is 340 g/mol. The van der Waals surface area contributed by atoms with E-state index in [2.05, 4.69) is 29.6 Å². The van der Waals surface area contributed by atoms with Gasteiger partial charge in [-0.15, -0.1) is 10.2 Å². The van der Waals surface area contributed by atoms with E-state index < -0.39 is 10.0 Å². The minimum Gasteiger partial charge on any atom is -0.368 e. The maximum atomic E-state index is 12.1. The number of anilines is 1. The molecule has 4 rings (SSSR count). The Bertz CT molecular complexity index is 878. The van der Waals surface area contributed by atoms with Crippen LogP contribution in [-0.4, -0.2) is 46.3 Å². The molecule has 2 atom stereocenters. The van der Waals surface area contributed by atoms with Gasteiger partial charge in [0.25, 0.3) is 0 Å². The fraction of sp³-hybridized carbons (Fsp3) is 0.688. The van der Waals surface area contributed by atoms with Gasteiger partial charge in [-0.05, 0) is 25.7 Å². The van der Waals surface area contributed by atoms with E-state index in [0.29, 0.717) is 6.42 Å². The van der Waals surface area contributed by atoms with E-state index in [0.717, 1.165) is 61.6 Å². The van der Waals surface area contributed by atoms with E-state index >= 15 is 0 Å². The van der Waals surface area contributed by atoms with Crippen LogP contribution in [0, 0.1) is 0 Å². The number of aromatic nitrogens is 4. The zero-order chi connectivity index (χ0) is 17.4. The fourth-order valence-corrected chi connectivity index (χ4v) is 5.40. The van der Waals surface area contributed by atoms with Crippen LogP contribution in [0.1, 0.15) is 56.5 Å². The summed E-state index contributed by atoms with van der Waals surface area (Å²) >= 11 is 0. The minimum absolute atomic E-state index is 0.0179. The summed E-state index contributed by atoms with van der Waals surface area (Å²) in [5.41, 5.74) is 1.90. The second-order valence-corrected chi connectivity index (χ2v) is 8.85. The number of fused-ring (bicyclic) bond motifs is 3. The van der Waals surface area contributed by atoms with Gasteiger partial charge >= 0.3 is 0 Å². The number of sulfonamides is 1. The van der Waals surface area contributed by atoms with Crippen molar-refractivity contribution in [2.24, 2.45) is 0 Å². The molecule has 0 aromatic carbocycles. The molecule has 2 N–H and O–H groups in total. The summed E-state index contributed by atoms with van der Waals surface area (Å²) in [6.45, 7) is 2.76. The molecule has 1 fully saturated rings. The highest BCUT2D eigenvalue weighted by atomic mass is 32.2. The Morgan fingerprint density at radius 3 is 3.08 bits per heavy atom. The molecule has 1 saturated carbocycles. The molecule has 0 bridgehead atoms. The number of hydrogen-bond acceptors (Lipinski definition) is 6. The third kappa shape index (κ3) is 3.22. The van der Waals surface area contributed by atoms with Gasteiger partial charge in [0.1, 0.15) is 11.6 Å². The molecule has 1 aliphatic heterocycles. The smallest absolute Gasteiger partial charge is 0.211 e. The molecule has 1 aliphatic carbocycles. The Labute approximate surface area is 147 Å². The molecule has 0 saturated heterocycles. The Balaban J connectivity index is 1.60. The summed E-state index contributed by atoms with van der Waals surface area (Å²) in [5.74, 6) is 2.25. The zero-order valence-electron chi connectivity index (χ0n) is 14.4. The molecule has 2 aliphatic rings. The highest BCUT2D eigenvalue weighted by molar-refractivity contribution is 7.89. The van der Waals surface area contributed by atoms with Crippen LogP contribution in [0.3, 0.4) is 0 Å². The Morgan fingerprint density at radius 1 is 1.36 bits per heavy atom. The minimum atomic E-state index is -3.19. The molecule has 0 spiro atoms. The van der Waals surface area contributed by atoms with Gasteiger partial charge in [-0.25, -0.2) is 18.1 Å². The lowest BCUT2D eigenvalue weighted by Crippen LogP contribution is -2.39. The van der Waals surface area contributed by atoms with Crippen molar-refractivity contribution in [2.75, 3.05) is 17.6 Å². The maximum absolute atomic E-state index is 12.1. The Kier molecular flexibility index (Phi) is 4.36. The van der Waals surface area contributed by atoms with Crippen LogP contribution < -0.4 is 10.0 Å². The van der Waals surface area contributed by atoms with Crippen molar-refractivity contribution in [2.45, 2.75) is 57.4 Å². The molecule has 0 unspecified atom stereocenters. The van der Waals surface area contributed by atoms with Crippen molar-refractivity contribution in [1.82, 2.24) is 24.3 Å². The van der Waals surface area contributed by atoms with Crippen molar-refractivity contribution < 1.29 is 8.42 Å². The van der Waals surface area contributed by atoms with Gasteiger partial charge < -0.3 is 5.32 Å². The third-order valence-electron chi connectivity index (χ3n) is 5.08. The average molecular weight is 364 g/mol. The summed E-state index contributed by atoms with van der Waals surface area (Å²) in [5, 5.41) is 12.0. The topological polar surface area (TPSA) is 101 Å². The molecule has 136 valence electrons. The van der Waals surface area contributed by atoms with Crippen LogP contribution in [-0.2, 0) is 16.4 Å². The SMILES string of the molecule is CCCS(=O)(=O)N[C@@H]1CCC[C@H](c2nnc3cnc4c(n23)CCN4)C1. The van der Waals surface area contributed by atoms with E-state index in [9.17, 15) is 8.42 Å². The summed E-state index contributed by atoms with van der Waals surface area (Å²) in [6, 6.07) is -0.0179. The second-order valence-electron chi connectivity index (χ2n) is 6.98. The van der Waals surface area contributed by atoms with Gasteiger partial charge in [0.15, 0.2) is 5.65 Å². The molecule has 25 heavy (non-hydrogen) atoms. The first kappa shape index (κ1) is 16.7. The van der Waals surface area contributed by atoms with Gasteiger partial charge in [0, 0.05) is 24.9 Å². The highest BCUT2D eigenvalue weighted by Crippen LogP contribution is 2.34. The molecule has 8 nitrogen and oxygen atoms in total. The number of nitrogens with zero attached hydrogens (tertiary/aromatic N) is 4. The van der Waals surface area contributed by atoms with Gasteiger partial charge in [-0.1, -0.05) is 13.3 Å². The third-order valence-corrected chi connectivity index (χ3v) is 6.72. The standard InChI is InChI=1S/C16H24N6O2S/c1-2-8-25(23,24)21-12-5-3-4-11(9-12)16-20-19-14-10-18-15-13(22(14)16)6-7-17-15/h10-12,17,21H,2-9H2,1H3/t11-,12+/m0/s1. The first-order chi connectivity index (χ1) is 12.1. The Hall–Kier alpha value is -1.74.